The lowest BCUT2D eigenvalue weighted by molar-refractivity contribution is 0.0906. The summed E-state index contributed by atoms with van der Waals surface area (Å²) in [6.45, 7) is 2.08. The lowest BCUT2D eigenvalue weighted by atomic mass is 10.2. The third kappa shape index (κ3) is 4.44. The van der Waals surface area contributed by atoms with Crippen LogP contribution in [0.15, 0.2) is 22.7 Å². The highest BCUT2D eigenvalue weighted by Crippen LogP contribution is 2.15. The first-order valence-corrected chi connectivity index (χ1v) is 6.25. The molecule has 0 aliphatic heterocycles. The summed E-state index contributed by atoms with van der Waals surface area (Å²) in [6, 6.07) is 4.16. The smallest absolute Gasteiger partial charge is 0.254 e. The van der Waals surface area contributed by atoms with Crippen LogP contribution in [0.4, 0.5) is 4.39 Å². The molecule has 0 radical (unpaired) electrons. The van der Waals surface area contributed by atoms with Crippen LogP contribution < -0.4 is 5.32 Å². The number of nitrogens with one attached hydrogen (secondary N) is 1. The van der Waals surface area contributed by atoms with E-state index < -0.39 is 17.8 Å². The van der Waals surface area contributed by atoms with Gasteiger partial charge in [-0.25, -0.2) is 4.39 Å². The standard InChI is InChI=1S/C12H15BrFNO2/c1-2-3-9(16)7-15-12(17)10-6-8(13)4-5-11(10)14/h4-6,9,16H,2-3,7H2,1H3,(H,15,17). The minimum Gasteiger partial charge on any atom is -0.391 e. The van der Waals surface area contributed by atoms with Crippen LogP contribution in [0.2, 0.25) is 0 Å². The van der Waals surface area contributed by atoms with E-state index in [0.29, 0.717) is 10.9 Å². The Morgan fingerprint density at radius 2 is 2.29 bits per heavy atom. The van der Waals surface area contributed by atoms with Crippen LogP contribution in [0.25, 0.3) is 0 Å². The van der Waals surface area contributed by atoms with Crippen molar-refractivity contribution in [2.24, 2.45) is 0 Å². The number of amides is 1. The number of halogens is 2. The molecular weight excluding hydrogens is 289 g/mol. The third-order valence-corrected chi connectivity index (χ3v) is 2.79. The molecule has 0 saturated carbocycles. The zero-order valence-corrected chi connectivity index (χ0v) is 11.1. The van der Waals surface area contributed by atoms with Crippen molar-refractivity contribution in [3.63, 3.8) is 0 Å². The van der Waals surface area contributed by atoms with Gasteiger partial charge in [-0.05, 0) is 24.6 Å². The van der Waals surface area contributed by atoms with Crippen molar-refractivity contribution < 1.29 is 14.3 Å². The van der Waals surface area contributed by atoms with E-state index >= 15 is 0 Å². The fourth-order valence-electron chi connectivity index (χ4n) is 1.41. The molecule has 5 heteroatoms. The van der Waals surface area contributed by atoms with E-state index in [1.54, 1.807) is 0 Å². The van der Waals surface area contributed by atoms with Crippen LogP contribution in [0.5, 0.6) is 0 Å². The summed E-state index contributed by atoms with van der Waals surface area (Å²) >= 11 is 3.17. The van der Waals surface area contributed by atoms with Gasteiger partial charge in [0.2, 0.25) is 0 Å². The molecule has 1 rings (SSSR count). The molecule has 1 aromatic carbocycles. The largest absolute Gasteiger partial charge is 0.391 e. The first-order chi connectivity index (χ1) is 8.04. The van der Waals surface area contributed by atoms with Crippen molar-refractivity contribution in [1.29, 1.82) is 0 Å². The molecule has 3 nitrogen and oxygen atoms in total. The number of rotatable bonds is 5. The highest BCUT2D eigenvalue weighted by atomic mass is 79.9. The molecule has 2 N–H and O–H groups in total. The summed E-state index contributed by atoms with van der Waals surface area (Å²) < 4.78 is 14.0. The van der Waals surface area contributed by atoms with Crippen molar-refractivity contribution in [1.82, 2.24) is 5.32 Å². The van der Waals surface area contributed by atoms with E-state index in [1.165, 1.54) is 18.2 Å². The molecule has 94 valence electrons. The van der Waals surface area contributed by atoms with E-state index in [4.69, 9.17) is 0 Å². The zero-order valence-electron chi connectivity index (χ0n) is 9.54. The fraction of sp³-hybridized carbons (Fsp3) is 0.417. The first-order valence-electron chi connectivity index (χ1n) is 5.46. The molecule has 1 aromatic rings. The zero-order chi connectivity index (χ0) is 12.8. The molecule has 0 fully saturated rings. The van der Waals surface area contributed by atoms with Gasteiger partial charge in [-0.1, -0.05) is 29.3 Å². The third-order valence-electron chi connectivity index (χ3n) is 2.29. The van der Waals surface area contributed by atoms with Crippen LogP contribution in [0, 0.1) is 5.82 Å². The first kappa shape index (κ1) is 14.1. The lowest BCUT2D eigenvalue weighted by Gasteiger charge is -2.11. The molecule has 1 unspecified atom stereocenters. The Hall–Kier alpha value is -0.940. The van der Waals surface area contributed by atoms with E-state index in [1.807, 2.05) is 6.92 Å². The van der Waals surface area contributed by atoms with Crippen molar-refractivity contribution in [2.45, 2.75) is 25.9 Å². The van der Waals surface area contributed by atoms with Crippen LogP contribution in [0.3, 0.4) is 0 Å². The predicted octanol–water partition coefficient (Wildman–Crippen LogP) is 2.48. The summed E-state index contributed by atoms with van der Waals surface area (Å²) in [7, 11) is 0. The SMILES string of the molecule is CCCC(O)CNC(=O)c1cc(Br)ccc1F. The maximum Gasteiger partial charge on any atom is 0.254 e. The summed E-state index contributed by atoms with van der Waals surface area (Å²) in [5, 5.41) is 12.0. The van der Waals surface area contributed by atoms with Crippen LogP contribution in [-0.2, 0) is 0 Å². The lowest BCUT2D eigenvalue weighted by Crippen LogP contribution is -2.32. The number of carbonyl (C=O) groups excluding carboxylic acids is 1. The number of hydrogen-bond acceptors (Lipinski definition) is 2. The topological polar surface area (TPSA) is 49.3 Å². The molecule has 0 heterocycles. The number of aliphatic hydroxyl groups is 1. The van der Waals surface area contributed by atoms with Gasteiger partial charge in [0.05, 0.1) is 11.7 Å². The second-order valence-corrected chi connectivity index (χ2v) is 4.69. The average molecular weight is 304 g/mol. The molecule has 1 amide bonds. The van der Waals surface area contributed by atoms with Gasteiger partial charge < -0.3 is 10.4 Å². The van der Waals surface area contributed by atoms with Crippen molar-refractivity contribution in [3.05, 3.63) is 34.1 Å². The summed E-state index contributed by atoms with van der Waals surface area (Å²) in [5.74, 6) is -1.09. The molecule has 1 atom stereocenters. The molecule has 0 spiro atoms. The van der Waals surface area contributed by atoms with Crippen LogP contribution in [-0.4, -0.2) is 23.7 Å². The second-order valence-electron chi connectivity index (χ2n) is 3.78. The second kappa shape index (κ2) is 6.71. The van der Waals surface area contributed by atoms with E-state index in [0.717, 1.165) is 6.42 Å². The summed E-state index contributed by atoms with van der Waals surface area (Å²) in [6.07, 6.45) is 0.864. The van der Waals surface area contributed by atoms with Gasteiger partial charge >= 0.3 is 0 Å². The minimum absolute atomic E-state index is 0.0249. The molecular formula is C12H15BrFNO2. The van der Waals surface area contributed by atoms with E-state index in [9.17, 15) is 14.3 Å². The molecule has 0 saturated heterocycles. The van der Waals surface area contributed by atoms with Gasteiger partial charge in [0.15, 0.2) is 0 Å². The maximum absolute atomic E-state index is 13.3. The fourth-order valence-corrected chi connectivity index (χ4v) is 1.77. The minimum atomic E-state index is -0.584. The Balaban J connectivity index is 2.61. The predicted molar refractivity (Wildman–Crippen MR) is 67.3 cm³/mol. The maximum atomic E-state index is 13.3. The highest BCUT2D eigenvalue weighted by molar-refractivity contribution is 9.10. The van der Waals surface area contributed by atoms with Crippen LogP contribution in [0.1, 0.15) is 30.1 Å². The van der Waals surface area contributed by atoms with Gasteiger partial charge in [0.25, 0.3) is 5.91 Å². The number of benzene rings is 1. The Bertz CT molecular complexity index is 398. The average Bonchev–Trinajstić information content (AvgIpc) is 2.29. The normalized spacial score (nSPS) is 12.2. The Labute approximate surface area is 108 Å². The summed E-state index contributed by atoms with van der Waals surface area (Å²) in [5.41, 5.74) is -0.0249. The van der Waals surface area contributed by atoms with Gasteiger partial charge in [-0.2, -0.15) is 0 Å². The van der Waals surface area contributed by atoms with Gasteiger partial charge in [-0.3, -0.25) is 4.79 Å². The van der Waals surface area contributed by atoms with E-state index in [-0.39, 0.29) is 12.1 Å². The Morgan fingerprint density at radius 3 is 2.94 bits per heavy atom. The van der Waals surface area contributed by atoms with Crippen molar-refractivity contribution >= 4 is 21.8 Å². The molecule has 0 bridgehead atoms. The highest BCUT2D eigenvalue weighted by Gasteiger charge is 2.13. The number of aliphatic hydroxyl groups excluding tert-OH is 1. The van der Waals surface area contributed by atoms with Crippen molar-refractivity contribution in [2.75, 3.05) is 6.54 Å². The van der Waals surface area contributed by atoms with Gasteiger partial charge in [0, 0.05) is 11.0 Å². The van der Waals surface area contributed by atoms with Gasteiger partial charge in [0.1, 0.15) is 5.82 Å². The molecule has 0 aromatic heterocycles. The molecule has 0 aliphatic carbocycles. The quantitative estimate of drug-likeness (QED) is 0.878. The Kier molecular flexibility index (Phi) is 5.58. The van der Waals surface area contributed by atoms with E-state index in [2.05, 4.69) is 21.2 Å². The summed E-state index contributed by atoms with van der Waals surface area (Å²) in [4.78, 5) is 11.6. The monoisotopic (exact) mass is 303 g/mol. The number of carbonyl (C=O) groups is 1. The van der Waals surface area contributed by atoms with Gasteiger partial charge in [-0.15, -0.1) is 0 Å². The molecule has 0 aliphatic rings. The number of hydrogen-bond donors (Lipinski definition) is 2. The van der Waals surface area contributed by atoms with Crippen LogP contribution >= 0.6 is 15.9 Å². The molecule has 17 heavy (non-hydrogen) atoms. The Morgan fingerprint density at radius 1 is 1.59 bits per heavy atom. The van der Waals surface area contributed by atoms with Crippen molar-refractivity contribution in [3.8, 4) is 0 Å².